The number of benzene rings is 2. The first kappa shape index (κ1) is 21.2. The molecule has 0 aliphatic carbocycles. The van der Waals surface area contributed by atoms with Crippen molar-refractivity contribution in [2.45, 2.75) is 25.2 Å². The van der Waals surface area contributed by atoms with Gasteiger partial charge in [-0.05, 0) is 48.9 Å². The number of nitrogens with one attached hydrogen (secondary N) is 2. The quantitative estimate of drug-likeness (QED) is 0.652. The molecule has 0 bridgehead atoms. The Morgan fingerprint density at radius 1 is 1.07 bits per heavy atom. The maximum absolute atomic E-state index is 12.6. The number of carbonyl (C=O) groups is 2. The molecule has 2 aromatic carbocycles. The SMILES string of the molecule is CCCOC(=O)c1ccc(NS(=O)(=O)c2ccc(OC)c(NC(C)=O)c2)cc1. The first-order valence-corrected chi connectivity index (χ1v) is 10.0. The van der Waals surface area contributed by atoms with Gasteiger partial charge < -0.3 is 14.8 Å². The molecule has 2 rings (SSSR count). The summed E-state index contributed by atoms with van der Waals surface area (Å²) >= 11 is 0. The van der Waals surface area contributed by atoms with E-state index in [2.05, 4.69) is 10.0 Å². The van der Waals surface area contributed by atoms with Crippen LogP contribution in [0.25, 0.3) is 0 Å². The van der Waals surface area contributed by atoms with Crippen LogP contribution in [0.1, 0.15) is 30.6 Å². The molecule has 150 valence electrons. The van der Waals surface area contributed by atoms with Crippen molar-refractivity contribution in [3.8, 4) is 5.75 Å². The smallest absolute Gasteiger partial charge is 0.338 e. The third kappa shape index (κ3) is 5.46. The molecular weight excluding hydrogens is 384 g/mol. The molecule has 8 nitrogen and oxygen atoms in total. The van der Waals surface area contributed by atoms with Gasteiger partial charge in [0, 0.05) is 12.6 Å². The molecule has 0 fully saturated rings. The number of rotatable bonds is 8. The molecule has 2 aromatic rings. The zero-order chi connectivity index (χ0) is 20.7. The Morgan fingerprint density at radius 3 is 2.32 bits per heavy atom. The normalized spacial score (nSPS) is 10.8. The van der Waals surface area contributed by atoms with E-state index in [0.717, 1.165) is 0 Å². The third-order valence-corrected chi connectivity index (χ3v) is 4.98. The highest BCUT2D eigenvalue weighted by molar-refractivity contribution is 7.92. The Kier molecular flexibility index (Phi) is 7.00. The number of sulfonamides is 1. The Bertz CT molecular complexity index is 955. The first-order chi connectivity index (χ1) is 13.3. The van der Waals surface area contributed by atoms with Crippen molar-refractivity contribution in [1.29, 1.82) is 0 Å². The van der Waals surface area contributed by atoms with Crippen molar-refractivity contribution in [3.63, 3.8) is 0 Å². The molecular formula is C19H22N2O6S. The number of ether oxygens (including phenoxy) is 2. The van der Waals surface area contributed by atoms with Gasteiger partial charge in [-0.25, -0.2) is 13.2 Å². The number of hydrogen-bond acceptors (Lipinski definition) is 6. The van der Waals surface area contributed by atoms with Crippen LogP contribution in [0.2, 0.25) is 0 Å². The van der Waals surface area contributed by atoms with Crippen LogP contribution < -0.4 is 14.8 Å². The van der Waals surface area contributed by atoms with Crippen molar-refractivity contribution in [2.24, 2.45) is 0 Å². The fourth-order valence-corrected chi connectivity index (χ4v) is 3.39. The van der Waals surface area contributed by atoms with Gasteiger partial charge in [0.1, 0.15) is 5.75 Å². The van der Waals surface area contributed by atoms with Crippen LogP contribution in [-0.4, -0.2) is 34.0 Å². The Labute approximate surface area is 163 Å². The second-order valence-electron chi connectivity index (χ2n) is 5.86. The van der Waals surface area contributed by atoms with Gasteiger partial charge in [0.15, 0.2) is 0 Å². The van der Waals surface area contributed by atoms with Crippen LogP contribution in [0.4, 0.5) is 11.4 Å². The Hall–Kier alpha value is -3.07. The van der Waals surface area contributed by atoms with Crippen LogP contribution in [0.15, 0.2) is 47.4 Å². The number of amides is 1. The Balaban J connectivity index is 2.21. The van der Waals surface area contributed by atoms with Crippen LogP contribution in [0, 0.1) is 0 Å². The van der Waals surface area contributed by atoms with E-state index >= 15 is 0 Å². The minimum atomic E-state index is -3.92. The largest absolute Gasteiger partial charge is 0.495 e. The minimum absolute atomic E-state index is 0.0523. The summed E-state index contributed by atoms with van der Waals surface area (Å²) in [7, 11) is -2.50. The summed E-state index contributed by atoms with van der Waals surface area (Å²) in [6.45, 7) is 3.52. The lowest BCUT2D eigenvalue weighted by molar-refractivity contribution is -0.114. The summed E-state index contributed by atoms with van der Waals surface area (Å²) in [5.41, 5.74) is 0.851. The first-order valence-electron chi connectivity index (χ1n) is 8.52. The summed E-state index contributed by atoms with van der Waals surface area (Å²) in [6, 6.07) is 10.0. The molecule has 0 spiro atoms. The lowest BCUT2D eigenvalue weighted by Crippen LogP contribution is -2.14. The molecule has 0 saturated carbocycles. The topological polar surface area (TPSA) is 111 Å². The summed E-state index contributed by atoms with van der Waals surface area (Å²) in [6.07, 6.45) is 0.714. The number of esters is 1. The van der Waals surface area contributed by atoms with Crippen molar-refractivity contribution in [1.82, 2.24) is 0 Å². The number of anilines is 2. The standard InChI is InChI=1S/C19H22N2O6S/c1-4-11-27-19(23)14-5-7-15(8-6-14)21-28(24,25)16-9-10-18(26-3)17(12-16)20-13(2)22/h5-10,12,21H,4,11H2,1-3H3,(H,20,22). The predicted molar refractivity (Wildman–Crippen MR) is 105 cm³/mol. The highest BCUT2D eigenvalue weighted by Gasteiger charge is 2.18. The highest BCUT2D eigenvalue weighted by atomic mass is 32.2. The summed E-state index contributed by atoms with van der Waals surface area (Å²) in [4.78, 5) is 23.1. The number of carbonyl (C=O) groups excluding carboxylic acids is 2. The van der Waals surface area contributed by atoms with Crippen molar-refractivity contribution in [2.75, 3.05) is 23.8 Å². The number of hydrogen-bond donors (Lipinski definition) is 2. The van der Waals surface area contributed by atoms with Gasteiger partial charge in [0.25, 0.3) is 10.0 Å². The van der Waals surface area contributed by atoms with Crippen molar-refractivity contribution >= 4 is 33.3 Å². The van der Waals surface area contributed by atoms with Gasteiger partial charge >= 0.3 is 5.97 Å². The van der Waals surface area contributed by atoms with Crippen molar-refractivity contribution < 1.29 is 27.5 Å². The molecule has 0 aliphatic heterocycles. The molecule has 0 heterocycles. The lowest BCUT2D eigenvalue weighted by atomic mass is 10.2. The average molecular weight is 406 g/mol. The number of methoxy groups -OCH3 is 1. The van der Waals surface area contributed by atoms with E-state index in [1.54, 1.807) is 0 Å². The van der Waals surface area contributed by atoms with E-state index in [1.165, 1.54) is 56.5 Å². The second-order valence-corrected chi connectivity index (χ2v) is 7.54. The van der Waals surface area contributed by atoms with E-state index < -0.39 is 16.0 Å². The van der Waals surface area contributed by atoms with E-state index in [1.807, 2.05) is 6.92 Å². The van der Waals surface area contributed by atoms with Gasteiger partial charge in [-0.15, -0.1) is 0 Å². The zero-order valence-corrected chi connectivity index (χ0v) is 16.6. The zero-order valence-electron chi connectivity index (χ0n) is 15.8. The Morgan fingerprint density at radius 2 is 1.75 bits per heavy atom. The van der Waals surface area contributed by atoms with Crippen LogP contribution in [0.5, 0.6) is 5.75 Å². The van der Waals surface area contributed by atoms with Gasteiger partial charge in [-0.1, -0.05) is 6.92 Å². The highest BCUT2D eigenvalue weighted by Crippen LogP contribution is 2.28. The lowest BCUT2D eigenvalue weighted by Gasteiger charge is -2.13. The van der Waals surface area contributed by atoms with E-state index in [9.17, 15) is 18.0 Å². The fraction of sp³-hybridized carbons (Fsp3) is 0.263. The monoisotopic (exact) mass is 406 g/mol. The van der Waals surface area contributed by atoms with E-state index in [0.29, 0.717) is 24.3 Å². The summed E-state index contributed by atoms with van der Waals surface area (Å²) < 4.78 is 37.9. The summed E-state index contributed by atoms with van der Waals surface area (Å²) in [5, 5.41) is 2.53. The molecule has 0 saturated heterocycles. The van der Waals surface area contributed by atoms with Crippen molar-refractivity contribution in [3.05, 3.63) is 48.0 Å². The van der Waals surface area contributed by atoms with Gasteiger partial charge in [0.05, 0.1) is 29.9 Å². The predicted octanol–water partition coefficient (Wildman–Crippen LogP) is 3.02. The molecule has 1 amide bonds. The summed E-state index contributed by atoms with van der Waals surface area (Å²) in [5.74, 6) is -0.484. The van der Waals surface area contributed by atoms with Crippen LogP contribution in [-0.2, 0) is 19.6 Å². The molecule has 0 aromatic heterocycles. The third-order valence-electron chi connectivity index (χ3n) is 3.60. The molecule has 0 radical (unpaired) electrons. The van der Waals surface area contributed by atoms with E-state index in [4.69, 9.17) is 9.47 Å². The minimum Gasteiger partial charge on any atom is -0.495 e. The molecule has 2 N–H and O–H groups in total. The van der Waals surface area contributed by atoms with Gasteiger partial charge in [0.2, 0.25) is 5.91 Å². The molecule has 9 heteroatoms. The van der Waals surface area contributed by atoms with Gasteiger partial charge in [-0.2, -0.15) is 0 Å². The maximum Gasteiger partial charge on any atom is 0.338 e. The van der Waals surface area contributed by atoms with Crippen LogP contribution in [0.3, 0.4) is 0 Å². The van der Waals surface area contributed by atoms with E-state index in [-0.39, 0.29) is 22.2 Å². The molecule has 28 heavy (non-hydrogen) atoms. The fourth-order valence-electron chi connectivity index (χ4n) is 2.31. The second kappa shape index (κ2) is 9.23. The molecule has 0 atom stereocenters. The molecule has 0 aliphatic rings. The average Bonchev–Trinajstić information content (AvgIpc) is 2.65. The maximum atomic E-state index is 12.6. The van der Waals surface area contributed by atoms with Gasteiger partial charge in [-0.3, -0.25) is 9.52 Å². The van der Waals surface area contributed by atoms with Crippen LogP contribution >= 0.6 is 0 Å². The molecule has 0 unspecified atom stereocenters.